The summed E-state index contributed by atoms with van der Waals surface area (Å²) in [4.78, 5) is 20.6. The van der Waals surface area contributed by atoms with Gasteiger partial charge < -0.3 is 5.32 Å². The maximum atomic E-state index is 11.5. The highest BCUT2D eigenvalue weighted by Gasteiger charge is 2.03. The zero-order valence-corrected chi connectivity index (χ0v) is 9.41. The van der Waals surface area contributed by atoms with E-state index in [9.17, 15) is 4.79 Å². The van der Waals surface area contributed by atoms with Gasteiger partial charge in [0.05, 0.1) is 24.9 Å². The van der Waals surface area contributed by atoms with Crippen LogP contribution < -0.4 is 5.32 Å². The average molecular weight is 233 g/mol. The third-order valence-corrected chi connectivity index (χ3v) is 2.87. The molecule has 0 bridgehead atoms. The molecule has 0 saturated heterocycles. The Bertz CT molecular complexity index is 442. The van der Waals surface area contributed by atoms with Crippen LogP contribution in [0.4, 0.5) is 0 Å². The first-order valence-electron chi connectivity index (χ1n) is 4.88. The van der Waals surface area contributed by atoms with Gasteiger partial charge in [-0.25, -0.2) is 0 Å². The van der Waals surface area contributed by atoms with E-state index >= 15 is 0 Å². The van der Waals surface area contributed by atoms with Crippen molar-refractivity contribution in [1.82, 2.24) is 15.3 Å². The van der Waals surface area contributed by atoms with Gasteiger partial charge in [0.2, 0.25) is 5.91 Å². The first-order chi connectivity index (χ1) is 7.84. The SMILES string of the molecule is O=C(Cc1cccs1)NCc1cnccn1. The lowest BCUT2D eigenvalue weighted by Crippen LogP contribution is -2.24. The molecule has 5 heteroatoms. The highest BCUT2D eigenvalue weighted by molar-refractivity contribution is 7.10. The molecular formula is C11H11N3OS. The monoisotopic (exact) mass is 233 g/mol. The van der Waals surface area contributed by atoms with Crippen LogP contribution in [0.1, 0.15) is 10.6 Å². The van der Waals surface area contributed by atoms with Crippen LogP contribution in [0.2, 0.25) is 0 Å². The van der Waals surface area contributed by atoms with Gasteiger partial charge in [0.25, 0.3) is 0 Å². The van der Waals surface area contributed by atoms with Gasteiger partial charge in [0.1, 0.15) is 0 Å². The number of nitrogens with zero attached hydrogens (tertiary/aromatic N) is 2. The van der Waals surface area contributed by atoms with Crippen molar-refractivity contribution in [2.75, 3.05) is 0 Å². The predicted octanol–water partition coefficient (Wildman–Crippen LogP) is 1.40. The normalized spacial score (nSPS) is 10.0. The Morgan fingerprint density at radius 2 is 2.38 bits per heavy atom. The van der Waals surface area contributed by atoms with E-state index in [0.717, 1.165) is 10.6 Å². The molecule has 0 spiro atoms. The minimum Gasteiger partial charge on any atom is -0.350 e. The van der Waals surface area contributed by atoms with Gasteiger partial charge in [-0.3, -0.25) is 14.8 Å². The molecule has 0 aromatic carbocycles. The van der Waals surface area contributed by atoms with Crippen molar-refractivity contribution in [2.24, 2.45) is 0 Å². The summed E-state index contributed by atoms with van der Waals surface area (Å²) < 4.78 is 0. The summed E-state index contributed by atoms with van der Waals surface area (Å²) in [6.07, 6.45) is 5.29. The van der Waals surface area contributed by atoms with Gasteiger partial charge in [0, 0.05) is 17.3 Å². The maximum Gasteiger partial charge on any atom is 0.225 e. The predicted molar refractivity (Wildman–Crippen MR) is 61.9 cm³/mol. The van der Waals surface area contributed by atoms with Crippen LogP contribution in [0, 0.1) is 0 Å². The van der Waals surface area contributed by atoms with E-state index in [1.165, 1.54) is 0 Å². The third-order valence-electron chi connectivity index (χ3n) is 2.00. The Morgan fingerprint density at radius 1 is 1.44 bits per heavy atom. The minimum atomic E-state index is 0.00750. The molecule has 2 aromatic heterocycles. The lowest BCUT2D eigenvalue weighted by molar-refractivity contribution is -0.120. The van der Waals surface area contributed by atoms with E-state index in [-0.39, 0.29) is 5.91 Å². The topological polar surface area (TPSA) is 54.9 Å². The largest absolute Gasteiger partial charge is 0.350 e. The number of amides is 1. The van der Waals surface area contributed by atoms with E-state index in [2.05, 4.69) is 15.3 Å². The standard InChI is InChI=1S/C11H11N3OS/c15-11(6-10-2-1-5-16-10)14-8-9-7-12-3-4-13-9/h1-5,7H,6,8H2,(H,14,15). The van der Waals surface area contributed by atoms with E-state index in [4.69, 9.17) is 0 Å². The molecule has 0 radical (unpaired) electrons. The molecule has 4 nitrogen and oxygen atoms in total. The van der Waals surface area contributed by atoms with E-state index in [0.29, 0.717) is 13.0 Å². The molecule has 0 atom stereocenters. The summed E-state index contributed by atoms with van der Waals surface area (Å²) in [6, 6.07) is 3.89. The Kier molecular flexibility index (Phi) is 3.61. The van der Waals surface area contributed by atoms with Crippen molar-refractivity contribution in [3.8, 4) is 0 Å². The number of aromatic nitrogens is 2. The van der Waals surface area contributed by atoms with Crippen molar-refractivity contribution in [1.29, 1.82) is 0 Å². The second kappa shape index (κ2) is 5.37. The van der Waals surface area contributed by atoms with Crippen molar-refractivity contribution >= 4 is 17.2 Å². The third kappa shape index (κ3) is 3.13. The second-order valence-corrected chi connectivity index (χ2v) is 4.26. The zero-order valence-electron chi connectivity index (χ0n) is 8.59. The summed E-state index contributed by atoms with van der Waals surface area (Å²) in [5, 5.41) is 4.77. The molecule has 0 aliphatic rings. The van der Waals surface area contributed by atoms with Gasteiger partial charge in [-0.1, -0.05) is 6.07 Å². The fourth-order valence-corrected chi connectivity index (χ4v) is 1.95. The molecule has 1 amide bonds. The number of thiophene rings is 1. The number of nitrogens with one attached hydrogen (secondary N) is 1. The molecular weight excluding hydrogens is 222 g/mol. The highest BCUT2D eigenvalue weighted by atomic mass is 32.1. The summed E-state index contributed by atoms with van der Waals surface area (Å²) >= 11 is 1.58. The summed E-state index contributed by atoms with van der Waals surface area (Å²) in [6.45, 7) is 0.429. The number of hydrogen-bond acceptors (Lipinski definition) is 4. The number of hydrogen-bond donors (Lipinski definition) is 1. The molecule has 0 unspecified atom stereocenters. The van der Waals surface area contributed by atoms with Crippen LogP contribution in [0.3, 0.4) is 0 Å². The number of rotatable bonds is 4. The molecule has 2 heterocycles. The molecule has 2 rings (SSSR count). The molecule has 2 aromatic rings. The smallest absolute Gasteiger partial charge is 0.225 e. The Balaban J connectivity index is 1.80. The van der Waals surface area contributed by atoms with Gasteiger partial charge in [-0.2, -0.15) is 0 Å². The highest BCUT2D eigenvalue weighted by Crippen LogP contribution is 2.08. The molecule has 0 aliphatic carbocycles. The van der Waals surface area contributed by atoms with Gasteiger partial charge in [0.15, 0.2) is 0 Å². The lowest BCUT2D eigenvalue weighted by Gasteiger charge is -2.02. The van der Waals surface area contributed by atoms with Crippen molar-refractivity contribution in [3.63, 3.8) is 0 Å². The molecule has 82 valence electrons. The first kappa shape index (κ1) is 10.8. The van der Waals surface area contributed by atoms with Crippen LogP contribution >= 0.6 is 11.3 Å². The van der Waals surface area contributed by atoms with Crippen LogP contribution in [0.25, 0.3) is 0 Å². The molecule has 0 fully saturated rings. The van der Waals surface area contributed by atoms with E-state index in [1.54, 1.807) is 29.9 Å². The van der Waals surface area contributed by atoms with Crippen LogP contribution in [0.15, 0.2) is 36.1 Å². The van der Waals surface area contributed by atoms with Crippen LogP contribution in [-0.2, 0) is 17.8 Å². The molecule has 0 aliphatic heterocycles. The van der Waals surface area contributed by atoms with Crippen molar-refractivity contribution in [3.05, 3.63) is 46.7 Å². The number of carbonyl (C=O) groups is 1. The molecule has 1 N–H and O–H groups in total. The minimum absolute atomic E-state index is 0.00750. The Hall–Kier alpha value is -1.75. The number of carbonyl (C=O) groups excluding carboxylic acids is 1. The van der Waals surface area contributed by atoms with E-state index < -0.39 is 0 Å². The molecule has 0 saturated carbocycles. The summed E-state index contributed by atoms with van der Waals surface area (Å²) in [7, 11) is 0. The molecule has 16 heavy (non-hydrogen) atoms. The Labute approximate surface area is 97.4 Å². The zero-order chi connectivity index (χ0) is 11.2. The van der Waals surface area contributed by atoms with Crippen molar-refractivity contribution < 1.29 is 4.79 Å². The maximum absolute atomic E-state index is 11.5. The van der Waals surface area contributed by atoms with Gasteiger partial charge in [-0.15, -0.1) is 11.3 Å². The summed E-state index contributed by atoms with van der Waals surface area (Å²) in [5.74, 6) is 0.00750. The first-order valence-corrected chi connectivity index (χ1v) is 5.76. The summed E-state index contributed by atoms with van der Waals surface area (Å²) in [5.41, 5.74) is 0.766. The second-order valence-electron chi connectivity index (χ2n) is 3.23. The lowest BCUT2D eigenvalue weighted by atomic mass is 10.3. The average Bonchev–Trinajstić information content (AvgIpc) is 2.81. The van der Waals surface area contributed by atoms with Gasteiger partial charge >= 0.3 is 0 Å². The fourth-order valence-electron chi connectivity index (χ4n) is 1.24. The van der Waals surface area contributed by atoms with Crippen molar-refractivity contribution in [2.45, 2.75) is 13.0 Å². The quantitative estimate of drug-likeness (QED) is 0.868. The Morgan fingerprint density at radius 3 is 3.06 bits per heavy atom. The van der Waals surface area contributed by atoms with Gasteiger partial charge in [-0.05, 0) is 11.4 Å². The van der Waals surface area contributed by atoms with Crippen LogP contribution in [0.5, 0.6) is 0 Å². The van der Waals surface area contributed by atoms with Crippen LogP contribution in [-0.4, -0.2) is 15.9 Å². The van der Waals surface area contributed by atoms with E-state index in [1.807, 2.05) is 17.5 Å². The fraction of sp³-hybridized carbons (Fsp3) is 0.182.